The van der Waals surface area contributed by atoms with E-state index in [1.807, 2.05) is 58.9 Å². The molecule has 0 bridgehead atoms. The first-order valence-electron chi connectivity index (χ1n) is 12.2. The van der Waals surface area contributed by atoms with Gasteiger partial charge in [-0.1, -0.05) is 43.1 Å². The van der Waals surface area contributed by atoms with E-state index in [1.165, 1.54) is 0 Å². The molecule has 2 N–H and O–H groups in total. The molecule has 37 heavy (non-hydrogen) atoms. The molecular formula is C28H27BCl2N2O4. The lowest BCUT2D eigenvalue weighted by molar-refractivity contribution is 0.275. The quantitative estimate of drug-likeness (QED) is 0.230. The fraction of sp³-hybridized carbons (Fsp3) is 0.286. The van der Waals surface area contributed by atoms with Gasteiger partial charge in [0.1, 0.15) is 16.5 Å². The molecule has 9 heteroatoms. The summed E-state index contributed by atoms with van der Waals surface area (Å²) in [4.78, 5) is 17.8. The van der Waals surface area contributed by atoms with E-state index in [0.29, 0.717) is 43.6 Å². The largest absolute Gasteiger partial charge is 0.493 e. The van der Waals surface area contributed by atoms with Crippen molar-refractivity contribution in [1.82, 2.24) is 4.98 Å². The Kier molecular flexibility index (Phi) is 6.83. The highest BCUT2D eigenvalue weighted by molar-refractivity contribution is 6.65. The Hall–Kier alpha value is -2.84. The predicted octanol–water partition coefficient (Wildman–Crippen LogP) is 6.29. The molecule has 0 saturated carbocycles. The van der Waals surface area contributed by atoms with E-state index in [-0.39, 0.29) is 24.0 Å². The van der Waals surface area contributed by atoms with Crippen LogP contribution in [0.3, 0.4) is 0 Å². The second kappa shape index (κ2) is 9.80. The summed E-state index contributed by atoms with van der Waals surface area (Å²) in [6.07, 6.45) is 0. The maximum Gasteiger partial charge on any atom is 0.493 e. The fourth-order valence-electron chi connectivity index (χ4n) is 5.00. The third kappa shape index (κ3) is 4.66. The Bertz CT molecular complexity index is 1600. The van der Waals surface area contributed by atoms with Gasteiger partial charge in [-0.25, -0.2) is 4.98 Å². The first-order chi connectivity index (χ1) is 17.5. The zero-order chi connectivity index (χ0) is 26.6. The average Bonchev–Trinajstić information content (AvgIpc) is 3.23. The van der Waals surface area contributed by atoms with Crippen molar-refractivity contribution in [3.63, 3.8) is 0 Å². The molecule has 0 radical (unpaired) electrons. The van der Waals surface area contributed by atoms with Crippen LogP contribution in [-0.4, -0.2) is 17.1 Å². The summed E-state index contributed by atoms with van der Waals surface area (Å²) in [5.41, 5.74) is 6.54. The third-order valence-corrected chi connectivity index (χ3v) is 7.31. The minimum Gasteiger partial charge on any atom is -0.460 e. The second-order valence-corrected chi connectivity index (χ2v) is 10.7. The summed E-state index contributed by atoms with van der Waals surface area (Å²) in [5, 5.41) is 14.9. The fourth-order valence-corrected chi connectivity index (χ4v) is 5.48. The second-order valence-electron chi connectivity index (χ2n) is 9.90. The molecule has 0 spiro atoms. The predicted molar refractivity (Wildman–Crippen MR) is 150 cm³/mol. The van der Waals surface area contributed by atoms with E-state index in [9.17, 15) is 9.82 Å². The monoisotopic (exact) mass is 536 g/mol. The topological polar surface area (TPSA) is 84.6 Å². The van der Waals surface area contributed by atoms with E-state index in [2.05, 4.69) is 10.3 Å². The molecule has 6 nitrogen and oxygen atoms in total. The van der Waals surface area contributed by atoms with E-state index in [0.717, 1.165) is 27.9 Å². The van der Waals surface area contributed by atoms with Crippen molar-refractivity contribution in [1.29, 1.82) is 0 Å². The Balaban J connectivity index is 1.61. The molecule has 4 aromatic rings. The van der Waals surface area contributed by atoms with Gasteiger partial charge in [-0.15, -0.1) is 0 Å². The highest BCUT2D eigenvalue weighted by Gasteiger charge is 2.31. The molecule has 190 valence electrons. The van der Waals surface area contributed by atoms with Crippen LogP contribution in [0.5, 0.6) is 0 Å². The standard InChI is InChI=1S/C28H27BCl2N2O4/c1-13(2)27-15(4)26(34)20-9-14(3)8-19(28(20)37-27)16(5)32-22-6-7-23(31)33-25(22)17-10-18-12-36-29(35)24(18)21(30)11-17/h6-11,13,16,32,35H,12H2,1-5H3/t16-/m0/s1. The van der Waals surface area contributed by atoms with Gasteiger partial charge in [0.05, 0.1) is 29.4 Å². The summed E-state index contributed by atoms with van der Waals surface area (Å²) in [6.45, 7) is 10.1. The van der Waals surface area contributed by atoms with Crippen LogP contribution in [-0.2, 0) is 11.3 Å². The SMILES string of the molecule is Cc1cc([C@H](C)Nc2ccc(Cl)nc2-c2cc(Cl)c3c(c2)COB3O)c2oc(C(C)C)c(C)c(=O)c2c1. The molecule has 0 unspecified atom stereocenters. The molecule has 0 aliphatic carbocycles. The van der Waals surface area contributed by atoms with Crippen LogP contribution in [0, 0.1) is 13.8 Å². The number of aryl methyl sites for hydroxylation is 1. The lowest BCUT2D eigenvalue weighted by Gasteiger charge is -2.21. The molecule has 0 saturated heterocycles. The Morgan fingerprint density at radius 3 is 2.59 bits per heavy atom. The number of pyridine rings is 1. The maximum absolute atomic E-state index is 13.2. The number of benzene rings is 2. The Labute approximate surface area is 225 Å². The van der Waals surface area contributed by atoms with Gasteiger partial charge in [0.2, 0.25) is 0 Å². The molecule has 3 heterocycles. The zero-order valence-electron chi connectivity index (χ0n) is 21.3. The van der Waals surface area contributed by atoms with Crippen LogP contribution in [0.2, 0.25) is 10.2 Å². The number of nitrogens with zero attached hydrogens (tertiary/aromatic N) is 1. The highest BCUT2D eigenvalue weighted by atomic mass is 35.5. The van der Waals surface area contributed by atoms with Crippen molar-refractivity contribution < 1.29 is 14.1 Å². The number of hydrogen-bond donors (Lipinski definition) is 2. The van der Waals surface area contributed by atoms with Crippen molar-refractivity contribution in [2.24, 2.45) is 0 Å². The van der Waals surface area contributed by atoms with Gasteiger partial charge < -0.3 is 19.4 Å². The first-order valence-corrected chi connectivity index (χ1v) is 12.9. The Morgan fingerprint density at radius 2 is 1.86 bits per heavy atom. The third-order valence-electron chi connectivity index (χ3n) is 6.79. The van der Waals surface area contributed by atoms with Crippen LogP contribution in [0.25, 0.3) is 22.2 Å². The summed E-state index contributed by atoms with van der Waals surface area (Å²) in [6, 6.07) is 10.9. The minimum atomic E-state index is -1.04. The number of aromatic nitrogens is 1. The van der Waals surface area contributed by atoms with E-state index in [1.54, 1.807) is 12.1 Å². The lowest BCUT2D eigenvalue weighted by Crippen LogP contribution is -2.29. The number of hydrogen-bond acceptors (Lipinski definition) is 6. The summed E-state index contributed by atoms with van der Waals surface area (Å²) < 4.78 is 11.7. The van der Waals surface area contributed by atoms with Crippen LogP contribution in [0.15, 0.2) is 45.6 Å². The number of fused-ring (bicyclic) bond motifs is 2. The van der Waals surface area contributed by atoms with E-state index < -0.39 is 7.12 Å². The molecule has 2 aromatic heterocycles. The van der Waals surface area contributed by atoms with Crippen molar-refractivity contribution in [3.05, 3.63) is 84.8 Å². The van der Waals surface area contributed by atoms with Gasteiger partial charge in [-0.3, -0.25) is 4.79 Å². The first kappa shape index (κ1) is 25.8. The number of anilines is 1. The van der Waals surface area contributed by atoms with Gasteiger partial charge in [0, 0.05) is 33.1 Å². The molecular weight excluding hydrogens is 510 g/mol. The van der Waals surface area contributed by atoms with Crippen molar-refractivity contribution >= 4 is 52.4 Å². The zero-order valence-corrected chi connectivity index (χ0v) is 22.8. The van der Waals surface area contributed by atoms with Crippen LogP contribution >= 0.6 is 23.2 Å². The number of rotatable bonds is 5. The highest BCUT2D eigenvalue weighted by Crippen LogP contribution is 2.35. The normalized spacial score (nSPS) is 13.9. The van der Waals surface area contributed by atoms with Gasteiger partial charge in [-0.2, -0.15) is 0 Å². The molecule has 0 fully saturated rings. The average molecular weight is 537 g/mol. The van der Waals surface area contributed by atoms with Crippen molar-refractivity contribution in [2.75, 3.05) is 5.32 Å². The molecule has 0 amide bonds. The van der Waals surface area contributed by atoms with Gasteiger partial charge in [0.15, 0.2) is 5.43 Å². The smallest absolute Gasteiger partial charge is 0.460 e. The molecule has 1 atom stereocenters. The molecule has 1 aliphatic heterocycles. The van der Waals surface area contributed by atoms with Crippen molar-refractivity contribution in [2.45, 2.75) is 53.2 Å². The van der Waals surface area contributed by atoms with E-state index in [4.69, 9.17) is 32.3 Å². The van der Waals surface area contributed by atoms with Gasteiger partial charge >= 0.3 is 7.12 Å². The minimum absolute atomic E-state index is 0.00635. The van der Waals surface area contributed by atoms with Crippen LogP contribution < -0.4 is 16.2 Å². The van der Waals surface area contributed by atoms with Crippen LogP contribution in [0.4, 0.5) is 5.69 Å². The number of nitrogens with one attached hydrogen (secondary N) is 1. The summed E-state index contributed by atoms with van der Waals surface area (Å²) >= 11 is 12.8. The van der Waals surface area contributed by atoms with Crippen LogP contribution in [0.1, 0.15) is 60.7 Å². The van der Waals surface area contributed by atoms with Gasteiger partial charge in [-0.05, 0) is 62.2 Å². The summed E-state index contributed by atoms with van der Waals surface area (Å²) in [7, 11) is -1.04. The van der Waals surface area contributed by atoms with Gasteiger partial charge in [0.25, 0.3) is 0 Å². The maximum atomic E-state index is 13.2. The lowest BCUT2D eigenvalue weighted by atomic mass is 9.79. The number of halogens is 2. The Morgan fingerprint density at radius 1 is 1.11 bits per heavy atom. The van der Waals surface area contributed by atoms with E-state index >= 15 is 0 Å². The summed E-state index contributed by atoms with van der Waals surface area (Å²) in [5.74, 6) is 0.773. The van der Waals surface area contributed by atoms with Crippen molar-refractivity contribution in [3.8, 4) is 11.3 Å². The molecule has 1 aliphatic rings. The molecule has 2 aromatic carbocycles. The molecule has 5 rings (SSSR count).